The van der Waals surface area contributed by atoms with E-state index in [4.69, 9.17) is 10.8 Å². The number of carbonyl (C=O) groups excluding carboxylic acids is 1. The van der Waals surface area contributed by atoms with Gasteiger partial charge in [0.2, 0.25) is 0 Å². The molecule has 2 rings (SSSR count). The standard InChI is InChI=1S/C15H11FN2O4/c16-12-6-4-9(5-7-12)15(21)22-18-13(17)10-2-1-3-11(8-10)14(19)20/h1-8H,(H2,17,18)(H,19,20). The minimum Gasteiger partial charge on any atom is -0.478 e. The van der Waals surface area contributed by atoms with Gasteiger partial charge in [-0.25, -0.2) is 14.0 Å². The first-order chi connectivity index (χ1) is 10.5. The van der Waals surface area contributed by atoms with Crippen LogP contribution in [-0.2, 0) is 4.84 Å². The van der Waals surface area contributed by atoms with E-state index in [1.165, 1.54) is 36.4 Å². The molecular formula is C15H11FN2O4. The molecule has 0 amide bonds. The summed E-state index contributed by atoms with van der Waals surface area (Å²) in [6.45, 7) is 0. The first-order valence-corrected chi connectivity index (χ1v) is 6.11. The smallest absolute Gasteiger partial charge is 0.365 e. The van der Waals surface area contributed by atoms with Crippen LogP contribution in [0.5, 0.6) is 0 Å². The molecule has 6 nitrogen and oxygen atoms in total. The van der Waals surface area contributed by atoms with Crippen molar-refractivity contribution in [3.8, 4) is 0 Å². The SMILES string of the molecule is N/C(=N\OC(=O)c1ccc(F)cc1)c1cccc(C(=O)O)c1. The Morgan fingerprint density at radius 3 is 2.32 bits per heavy atom. The van der Waals surface area contributed by atoms with Crippen molar-refractivity contribution >= 4 is 17.8 Å². The number of carboxylic acid groups (broad SMARTS) is 1. The number of nitrogens with two attached hydrogens (primary N) is 1. The van der Waals surface area contributed by atoms with Gasteiger partial charge in [-0.2, -0.15) is 0 Å². The van der Waals surface area contributed by atoms with Gasteiger partial charge in [-0.05, 0) is 36.4 Å². The topological polar surface area (TPSA) is 102 Å². The monoisotopic (exact) mass is 302 g/mol. The molecule has 0 aliphatic carbocycles. The summed E-state index contributed by atoms with van der Waals surface area (Å²) >= 11 is 0. The number of aromatic carboxylic acids is 1. The van der Waals surface area contributed by atoms with Gasteiger partial charge < -0.3 is 15.7 Å². The van der Waals surface area contributed by atoms with Gasteiger partial charge in [0.05, 0.1) is 11.1 Å². The molecule has 0 atom stereocenters. The summed E-state index contributed by atoms with van der Waals surface area (Å²) in [5.41, 5.74) is 6.07. The van der Waals surface area contributed by atoms with Crippen molar-refractivity contribution in [1.82, 2.24) is 0 Å². The maximum absolute atomic E-state index is 12.7. The second-order valence-electron chi connectivity index (χ2n) is 4.25. The highest BCUT2D eigenvalue weighted by Gasteiger charge is 2.09. The van der Waals surface area contributed by atoms with Crippen molar-refractivity contribution in [1.29, 1.82) is 0 Å². The third-order valence-corrected chi connectivity index (χ3v) is 2.71. The van der Waals surface area contributed by atoms with E-state index in [-0.39, 0.29) is 17.0 Å². The number of carboxylic acids is 1. The molecule has 0 radical (unpaired) electrons. The van der Waals surface area contributed by atoms with Gasteiger partial charge >= 0.3 is 11.9 Å². The van der Waals surface area contributed by atoms with Crippen molar-refractivity contribution in [2.24, 2.45) is 10.9 Å². The Balaban J connectivity index is 2.12. The highest BCUT2D eigenvalue weighted by Crippen LogP contribution is 2.07. The van der Waals surface area contributed by atoms with Crippen LogP contribution < -0.4 is 5.73 Å². The zero-order valence-electron chi connectivity index (χ0n) is 11.2. The summed E-state index contributed by atoms with van der Waals surface area (Å²) in [6.07, 6.45) is 0. The zero-order chi connectivity index (χ0) is 16.1. The molecule has 0 fully saturated rings. The fourth-order valence-corrected chi connectivity index (χ4v) is 1.59. The summed E-state index contributed by atoms with van der Waals surface area (Å²) in [5, 5.41) is 12.3. The number of halogens is 1. The summed E-state index contributed by atoms with van der Waals surface area (Å²) in [5.74, 6) is -2.56. The fraction of sp³-hybridized carbons (Fsp3) is 0. The Kier molecular flexibility index (Phi) is 4.47. The minimum atomic E-state index is -1.11. The molecule has 0 heterocycles. The lowest BCUT2D eigenvalue weighted by atomic mass is 10.1. The van der Waals surface area contributed by atoms with Crippen LogP contribution in [0.15, 0.2) is 53.7 Å². The van der Waals surface area contributed by atoms with Gasteiger partial charge in [0.15, 0.2) is 5.84 Å². The Morgan fingerprint density at radius 1 is 1.05 bits per heavy atom. The lowest BCUT2D eigenvalue weighted by Crippen LogP contribution is -2.16. The number of carbonyl (C=O) groups is 2. The number of hydrogen-bond acceptors (Lipinski definition) is 4. The first-order valence-electron chi connectivity index (χ1n) is 6.11. The van der Waals surface area contributed by atoms with Crippen LogP contribution in [-0.4, -0.2) is 22.9 Å². The summed E-state index contributed by atoms with van der Waals surface area (Å²) < 4.78 is 12.7. The Labute approximate surface area is 124 Å². The fourth-order valence-electron chi connectivity index (χ4n) is 1.59. The average Bonchev–Trinajstić information content (AvgIpc) is 2.53. The Morgan fingerprint density at radius 2 is 1.68 bits per heavy atom. The molecule has 3 N–H and O–H groups in total. The van der Waals surface area contributed by atoms with Crippen LogP contribution in [0.4, 0.5) is 4.39 Å². The van der Waals surface area contributed by atoms with E-state index in [1.54, 1.807) is 0 Å². The van der Waals surface area contributed by atoms with E-state index in [0.29, 0.717) is 5.56 Å². The lowest BCUT2D eigenvalue weighted by Gasteiger charge is -2.02. The summed E-state index contributed by atoms with van der Waals surface area (Å²) in [4.78, 5) is 27.2. The van der Waals surface area contributed by atoms with E-state index in [1.807, 2.05) is 0 Å². The number of hydrogen-bond donors (Lipinski definition) is 2. The molecule has 2 aromatic carbocycles. The van der Waals surface area contributed by atoms with Crippen LogP contribution in [0.2, 0.25) is 0 Å². The number of amidine groups is 1. The van der Waals surface area contributed by atoms with Gasteiger partial charge in [0.1, 0.15) is 5.82 Å². The summed E-state index contributed by atoms with van der Waals surface area (Å²) in [7, 11) is 0. The van der Waals surface area contributed by atoms with E-state index in [2.05, 4.69) is 9.99 Å². The maximum atomic E-state index is 12.7. The van der Waals surface area contributed by atoms with Gasteiger partial charge in [0.25, 0.3) is 0 Å². The highest BCUT2D eigenvalue weighted by molar-refractivity contribution is 6.00. The molecule has 0 saturated carbocycles. The molecule has 0 bridgehead atoms. The Hall–Kier alpha value is -3.22. The predicted molar refractivity (Wildman–Crippen MR) is 75.9 cm³/mol. The molecule has 2 aromatic rings. The van der Waals surface area contributed by atoms with Gasteiger partial charge in [-0.15, -0.1) is 0 Å². The van der Waals surface area contributed by atoms with Gasteiger partial charge in [-0.1, -0.05) is 17.3 Å². The van der Waals surface area contributed by atoms with Crippen molar-refractivity contribution in [2.75, 3.05) is 0 Å². The van der Waals surface area contributed by atoms with Crippen molar-refractivity contribution in [3.63, 3.8) is 0 Å². The molecule has 0 aliphatic heterocycles. The molecule has 0 unspecified atom stereocenters. The van der Waals surface area contributed by atoms with Crippen LogP contribution in [0, 0.1) is 5.82 Å². The lowest BCUT2D eigenvalue weighted by molar-refractivity contribution is 0.0515. The minimum absolute atomic E-state index is 0.0283. The third-order valence-electron chi connectivity index (χ3n) is 2.71. The van der Waals surface area contributed by atoms with Crippen LogP contribution in [0.25, 0.3) is 0 Å². The predicted octanol–water partition coefficient (Wildman–Crippen LogP) is 2.00. The Bertz CT molecular complexity index is 741. The first kappa shape index (κ1) is 15.2. The zero-order valence-corrected chi connectivity index (χ0v) is 11.2. The van der Waals surface area contributed by atoms with Crippen LogP contribution >= 0.6 is 0 Å². The number of nitrogens with zero attached hydrogens (tertiary/aromatic N) is 1. The second kappa shape index (κ2) is 6.49. The summed E-state index contributed by atoms with van der Waals surface area (Å²) in [6, 6.07) is 10.4. The molecule has 0 aromatic heterocycles. The molecular weight excluding hydrogens is 291 g/mol. The van der Waals surface area contributed by atoms with Crippen LogP contribution in [0.1, 0.15) is 26.3 Å². The van der Waals surface area contributed by atoms with Crippen LogP contribution in [0.3, 0.4) is 0 Å². The van der Waals surface area contributed by atoms with Crippen molar-refractivity contribution < 1.29 is 23.9 Å². The van der Waals surface area contributed by atoms with Gasteiger partial charge in [-0.3, -0.25) is 0 Å². The van der Waals surface area contributed by atoms with E-state index in [9.17, 15) is 14.0 Å². The average molecular weight is 302 g/mol. The maximum Gasteiger partial charge on any atom is 0.365 e. The van der Waals surface area contributed by atoms with Crippen molar-refractivity contribution in [2.45, 2.75) is 0 Å². The molecule has 22 heavy (non-hydrogen) atoms. The van der Waals surface area contributed by atoms with E-state index >= 15 is 0 Å². The normalized spacial score (nSPS) is 11.0. The largest absolute Gasteiger partial charge is 0.478 e. The molecule has 7 heteroatoms. The van der Waals surface area contributed by atoms with E-state index in [0.717, 1.165) is 12.1 Å². The second-order valence-corrected chi connectivity index (χ2v) is 4.25. The molecule has 0 aliphatic rings. The number of benzene rings is 2. The van der Waals surface area contributed by atoms with Crippen molar-refractivity contribution in [3.05, 3.63) is 71.0 Å². The molecule has 0 saturated heterocycles. The molecule has 0 spiro atoms. The quantitative estimate of drug-likeness (QED) is 0.389. The van der Waals surface area contributed by atoms with Gasteiger partial charge in [0, 0.05) is 5.56 Å². The molecule has 112 valence electrons. The number of oxime groups is 1. The number of rotatable bonds is 4. The highest BCUT2D eigenvalue weighted by atomic mass is 19.1. The third kappa shape index (κ3) is 3.66. The van der Waals surface area contributed by atoms with E-state index < -0.39 is 17.8 Å².